The number of hydrogen-bond donors (Lipinski definition) is 0. The van der Waals surface area contributed by atoms with Gasteiger partial charge in [-0.3, -0.25) is 9.36 Å². The van der Waals surface area contributed by atoms with Crippen molar-refractivity contribution in [3.8, 4) is 11.5 Å². The molecule has 5 aromatic rings. The van der Waals surface area contributed by atoms with E-state index in [0.717, 1.165) is 10.0 Å². The molecule has 0 saturated heterocycles. The zero-order valence-electron chi connectivity index (χ0n) is 24.9. The highest BCUT2D eigenvalue weighted by Gasteiger charge is 2.35. The Kier molecular flexibility index (Phi) is 9.28. The first kappa shape index (κ1) is 31.2. The van der Waals surface area contributed by atoms with E-state index in [0.29, 0.717) is 43.2 Å². The average Bonchev–Trinajstić information content (AvgIpc) is 3.38. The SMILES string of the molecule is CCOC(=O)C1=C(c2ccccc2)N=c2s/c(=C\c3cccc(OC)c3OCc3ccc(Br)cc3)c(=O)n2[C@H]1c1ccc(F)cc1. The second-order valence-electron chi connectivity index (χ2n) is 10.3. The molecule has 0 unspecified atom stereocenters. The number of fused-ring (bicyclic) bond motifs is 1. The minimum atomic E-state index is -0.910. The predicted molar refractivity (Wildman–Crippen MR) is 179 cm³/mol. The van der Waals surface area contributed by atoms with E-state index >= 15 is 0 Å². The van der Waals surface area contributed by atoms with Crippen LogP contribution in [0, 0.1) is 5.82 Å². The summed E-state index contributed by atoms with van der Waals surface area (Å²) in [5.74, 6) is -0.0512. The lowest BCUT2D eigenvalue weighted by molar-refractivity contribution is -0.138. The van der Waals surface area contributed by atoms with E-state index in [1.54, 1.807) is 38.3 Å². The van der Waals surface area contributed by atoms with Crippen molar-refractivity contribution in [2.75, 3.05) is 13.7 Å². The van der Waals surface area contributed by atoms with Gasteiger partial charge in [0.1, 0.15) is 12.4 Å². The molecular formula is C36H28BrFN2O5S. The molecule has 1 atom stereocenters. The molecule has 1 aliphatic heterocycles. The van der Waals surface area contributed by atoms with Gasteiger partial charge in [0, 0.05) is 15.6 Å². The first-order valence-corrected chi connectivity index (χ1v) is 16.1. The van der Waals surface area contributed by atoms with Gasteiger partial charge in [-0.1, -0.05) is 94.0 Å². The molecule has 46 heavy (non-hydrogen) atoms. The van der Waals surface area contributed by atoms with Crippen molar-refractivity contribution < 1.29 is 23.4 Å². The summed E-state index contributed by atoms with van der Waals surface area (Å²) in [6, 6.07) is 27.3. The van der Waals surface area contributed by atoms with Crippen molar-refractivity contribution in [2.45, 2.75) is 19.6 Å². The normalized spacial score (nSPS) is 14.4. The highest BCUT2D eigenvalue weighted by molar-refractivity contribution is 9.10. The van der Waals surface area contributed by atoms with Gasteiger partial charge in [-0.2, -0.15) is 0 Å². The van der Waals surface area contributed by atoms with E-state index in [-0.39, 0.29) is 24.3 Å². The molecular weight excluding hydrogens is 671 g/mol. The summed E-state index contributed by atoms with van der Waals surface area (Å²) in [4.78, 5) is 33.1. The highest BCUT2D eigenvalue weighted by Crippen LogP contribution is 2.36. The van der Waals surface area contributed by atoms with E-state index in [4.69, 9.17) is 19.2 Å². The van der Waals surface area contributed by atoms with Crippen LogP contribution in [0.5, 0.6) is 11.5 Å². The number of carbonyl (C=O) groups excluding carboxylic acids is 1. The van der Waals surface area contributed by atoms with Crippen LogP contribution in [0.3, 0.4) is 0 Å². The Balaban J connectivity index is 1.54. The van der Waals surface area contributed by atoms with Crippen molar-refractivity contribution in [3.05, 3.63) is 155 Å². The van der Waals surface area contributed by atoms with Gasteiger partial charge in [-0.15, -0.1) is 0 Å². The number of hydrogen-bond acceptors (Lipinski definition) is 7. The van der Waals surface area contributed by atoms with E-state index in [2.05, 4.69) is 15.9 Å². The van der Waals surface area contributed by atoms with Gasteiger partial charge in [0.25, 0.3) is 5.56 Å². The lowest BCUT2D eigenvalue weighted by Gasteiger charge is -2.25. The van der Waals surface area contributed by atoms with Crippen LogP contribution in [0.2, 0.25) is 0 Å². The van der Waals surface area contributed by atoms with E-state index < -0.39 is 17.8 Å². The number of esters is 1. The Morgan fingerprint density at radius 2 is 1.74 bits per heavy atom. The van der Waals surface area contributed by atoms with Gasteiger partial charge < -0.3 is 14.2 Å². The minimum Gasteiger partial charge on any atom is -0.493 e. The Labute approximate surface area is 276 Å². The number of nitrogens with zero attached hydrogens (tertiary/aromatic N) is 2. The van der Waals surface area contributed by atoms with Crippen molar-refractivity contribution in [1.29, 1.82) is 0 Å². The molecule has 0 N–H and O–H groups in total. The van der Waals surface area contributed by atoms with E-state index in [1.165, 1.54) is 28.0 Å². The standard InChI is InChI=1S/C36H28BrFN2O5S/c1-3-44-35(42)30-31(23-8-5-4-6-9-23)39-36-40(32(30)24-14-18-27(38)19-15-24)34(41)29(46-36)20-25-10-7-11-28(43-2)33(25)45-21-22-12-16-26(37)17-13-22/h4-20,32H,3,21H2,1-2H3/b29-20-/t32-/m0/s1. The molecule has 1 aliphatic rings. The molecule has 0 bridgehead atoms. The third kappa shape index (κ3) is 6.31. The third-order valence-corrected chi connectivity index (χ3v) is 8.88. The smallest absolute Gasteiger partial charge is 0.338 e. The van der Waals surface area contributed by atoms with E-state index in [1.807, 2.05) is 66.7 Å². The lowest BCUT2D eigenvalue weighted by atomic mass is 9.93. The fourth-order valence-electron chi connectivity index (χ4n) is 5.24. The van der Waals surface area contributed by atoms with Crippen LogP contribution < -0.4 is 24.4 Å². The summed E-state index contributed by atoms with van der Waals surface area (Å²) in [6.07, 6.45) is 1.74. The molecule has 2 heterocycles. The van der Waals surface area contributed by atoms with E-state index in [9.17, 15) is 14.0 Å². The first-order valence-electron chi connectivity index (χ1n) is 14.5. The summed E-state index contributed by atoms with van der Waals surface area (Å²) < 4.78 is 34.2. The summed E-state index contributed by atoms with van der Waals surface area (Å²) in [5, 5.41) is 0. The van der Waals surface area contributed by atoms with Crippen molar-refractivity contribution in [1.82, 2.24) is 4.57 Å². The van der Waals surface area contributed by atoms with Crippen LogP contribution in [0.4, 0.5) is 4.39 Å². The van der Waals surface area contributed by atoms with Gasteiger partial charge in [0.15, 0.2) is 16.3 Å². The zero-order chi connectivity index (χ0) is 32.2. The molecule has 0 amide bonds. The molecule has 0 spiro atoms. The lowest BCUT2D eigenvalue weighted by Crippen LogP contribution is -2.40. The number of thiazole rings is 1. The van der Waals surface area contributed by atoms with Crippen LogP contribution >= 0.6 is 27.3 Å². The second-order valence-corrected chi connectivity index (χ2v) is 12.2. The van der Waals surface area contributed by atoms with Crippen LogP contribution in [0.1, 0.15) is 35.2 Å². The molecule has 10 heteroatoms. The fraction of sp³-hybridized carbons (Fsp3) is 0.139. The quantitative estimate of drug-likeness (QED) is 0.166. The predicted octanol–water partition coefficient (Wildman–Crippen LogP) is 6.42. The van der Waals surface area contributed by atoms with Crippen LogP contribution in [0.15, 0.2) is 117 Å². The van der Waals surface area contributed by atoms with Gasteiger partial charge in [-0.25, -0.2) is 14.2 Å². The Morgan fingerprint density at radius 1 is 1.00 bits per heavy atom. The van der Waals surface area contributed by atoms with Crippen LogP contribution in [-0.4, -0.2) is 24.3 Å². The number of para-hydroxylation sites is 1. The molecule has 0 radical (unpaired) electrons. The average molecular weight is 700 g/mol. The minimum absolute atomic E-state index is 0.129. The van der Waals surface area contributed by atoms with Crippen molar-refractivity contribution in [2.24, 2.45) is 4.99 Å². The van der Waals surface area contributed by atoms with Crippen LogP contribution in [-0.2, 0) is 16.1 Å². The Morgan fingerprint density at radius 3 is 2.43 bits per heavy atom. The molecule has 0 saturated carbocycles. The van der Waals surface area contributed by atoms with Crippen molar-refractivity contribution >= 4 is 45.0 Å². The molecule has 4 aromatic carbocycles. The number of benzene rings is 4. The van der Waals surface area contributed by atoms with Crippen molar-refractivity contribution in [3.63, 3.8) is 0 Å². The maximum absolute atomic E-state index is 14.3. The Bertz CT molecular complexity index is 2110. The third-order valence-electron chi connectivity index (χ3n) is 7.37. The number of ether oxygens (including phenoxy) is 3. The van der Waals surface area contributed by atoms with Crippen LogP contribution in [0.25, 0.3) is 11.8 Å². The highest BCUT2D eigenvalue weighted by atomic mass is 79.9. The molecule has 0 aliphatic carbocycles. The number of halogens is 2. The number of rotatable bonds is 9. The van der Waals surface area contributed by atoms with Gasteiger partial charge in [-0.05, 0) is 54.5 Å². The maximum Gasteiger partial charge on any atom is 0.338 e. The molecule has 6 rings (SSSR count). The molecule has 1 aromatic heterocycles. The van der Waals surface area contributed by atoms with Gasteiger partial charge in [0.2, 0.25) is 0 Å². The fourth-order valence-corrected chi connectivity index (χ4v) is 6.50. The second kappa shape index (κ2) is 13.7. The monoisotopic (exact) mass is 698 g/mol. The zero-order valence-corrected chi connectivity index (χ0v) is 27.3. The summed E-state index contributed by atoms with van der Waals surface area (Å²) in [6.45, 7) is 2.13. The van der Waals surface area contributed by atoms with Gasteiger partial charge in [0.05, 0.1) is 35.6 Å². The molecule has 232 valence electrons. The first-order chi connectivity index (χ1) is 22.4. The largest absolute Gasteiger partial charge is 0.493 e. The molecule has 7 nitrogen and oxygen atoms in total. The summed E-state index contributed by atoms with van der Waals surface area (Å²) in [5.41, 5.74) is 3.03. The van der Waals surface area contributed by atoms with Gasteiger partial charge >= 0.3 is 5.97 Å². The maximum atomic E-state index is 14.3. The summed E-state index contributed by atoms with van der Waals surface area (Å²) >= 11 is 4.64. The Hall–Kier alpha value is -4.80. The topological polar surface area (TPSA) is 79.1 Å². The number of carbonyl (C=O) groups is 1. The summed E-state index contributed by atoms with van der Waals surface area (Å²) in [7, 11) is 1.56. The molecule has 0 fully saturated rings. The number of methoxy groups -OCH3 is 1. The number of aromatic nitrogens is 1.